The van der Waals surface area contributed by atoms with Crippen LogP contribution >= 0.6 is 0 Å². The largest absolute Gasteiger partial charge is 0.460 e. The number of esters is 2. The zero-order valence-electron chi connectivity index (χ0n) is 41.5. The van der Waals surface area contributed by atoms with Gasteiger partial charge in [0.1, 0.15) is 17.0 Å². The molecule has 0 saturated heterocycles. The number of ether oxygens (including phenoxy) is 9. The van der Waals surface area contributed by atoms with Crippen molar-refractivity contribution in [2.45, 2.75) is 175 Å². The minimum absolute atomic E-state index is 0.0396. The van der Waals surface area contributed by atoms with Crippen molar-refractivity contribution in [2.24, 2.45) is 11.0 Å². The number of amides is 1. The second-order valence-corrected chi connectivity index (χ2v) is 18.1. The Bertz CT molecular complexity index is 1220. The number of carbonyl (C=O) groups is 4. The summed E-state index contributed by atoms with van der Waals surface area (Å²) in [5.41, 5.74) is 7.09. The van der Waals surface area contributed by atoms with Gasteiger partial charge in [-0.1, -0.05) is 82.2 Å². The van der Waals surface area contributed by atoms with E-state index < -0.39 is 23.1 Å². The highest BCUT2D eigenvalue weighted by Gasteiger charge is 2.27. The van der Waals surface area contributed by atoms with E-state index in [2.05, 4.69) is 15.3 Å². The number of ketones is 1. The van der Waals surface area contributed by atoms with Crippen molar-refractivity contribution in [3.8, 4) is 0 Å². The van der Waals surface area contributed by atoms with Crippen LogP contribution in [0.2, 0.25) is 0 Å². The summed E-state index contributed by atoms with van der Waals surface area (Å²) in [5.74, 6) is -1.34. The summed E-state index contributed by atoms with van der Waals surface area (Å²) < 4.78 is 49.0. The van der Waals surface area contributed by atoms with Crippen molar-refractivity contribution in [1.82, 2.24) is 5.32 Å². The first-order chi connectivity index (χ1) is 31.2. The lowest BCUT2D eigenvalue weighted by molar-refractivity contribution is -0.161. The van der Waals surface area contributed by atoms with Crippen molar-refractivity contribution in [2.75, 3.05) is 106 Å². The number of hydrogen-bond acceptors (Lipinski definition) is 14. The zero-order valence-corrected chi connectivity index (χ0v) is 41.5. The maximum atomic E-state index is 13.0. The van der Waals surface area contributed by atoms with E-state index in [9.17, 15) is 19.2 Å². The van der Waals surface area contributed by atoms with Gasteiger partial charge in [0.25, 0.3) is 0 Å². The number of azide groups is 1. The molecule has 17 nitrogen and oxygen atoms in total. The standard InChI is InChI=1S/C48H90N4O13/c1-47(2,3)64-45(55)22-20-18-16-14-12-10-8-7-9-11-13-15-17-19-21-43(53)41-42(46(56)65-48(4,5)6)23-24-44(54)50-25-27-57-29-31-59-33-35-61-37-39-63-40-38-62-36-34-60-32-30-58-28-26-51-52-49/h42H,7-41H2,1-6H3,(H,50,54)/t42-/m1/s1. The van der Waals surface area contributed by atoms with Crippen LogP contribution in [0.3, 0.4) is 0 Å². The van der Waals surface area contributed by atoms with E-state index >= 15 is 0 Å². The highest BCUT2D eigenvalue weighted by Crippen LogP contribution is 2.21. The summed E-state index contributed by atoms with van der Waals surface area (Å²) in [6.07, 6.45) is 17.4. The van der Waals surface area contributed by atoms with Crippen LogP contribution in [-0.2, 0) is 61.8 Å². The molecule has 0 aliphatic rings. The number of nitrogens with one attached hydrogen (secondary N) is 1. The average Bonchev–Trinajstić information content (AvgIpc) is 3.23. The summed E-state index contributed by atoms with van der Waals surface area (Å²) >= 11 is 0. The molecule has 0 aliphatic carbocycles. The molecule has 0 aromatic heterocycles. The van der Waals surface area contributed by atoms with Crippen LogP contribution in [0.15, 0.2) is 5.11 Å². The van der Waals surface area contributed by atoms with Gasteiger partial charge in [0.05, 0.1) is 98.4 Å². The molecule has 380 valence electrons. The second kappa shape index (κ2) is 43.7. The van der Waals surface area contributed by atoms with Crippen LogP contribution in [0.1, 0.15) is 164 Å². The molecule has 0 spiro atoms. The molecule has 0 fully saturated rings. The molecule has 0 aromatic rings. The molecular formula is C48H90N4O13. The molecule has 1 atom stereocenters. The van der Waals surface area contributed by atoms with Gasteiger partial charge in [0.15, 0.2) is 0 Å². The lowest BCUT2D eigenvalue weighted by Crippen LogP contribution is -2.32. The smallest absolute Gasteiger partial charge is 0.309 e. The Hall–Kier alpha value is -2.89. The van der Waals surface area contributed by atoms with Gasteiger partial charge in [0, 0.05) is 43.7 Å². The summed E-state index contributed by atoms with van der Waals surface area (Å²) in [6.45, 7) is 17.7. The lowest BCUT2D eigenvalue weighted by atomic mass is 9.94. The first-order valence-electron chi connectivity index (χ1n) is 24.5. The van der Waals surface area contributed by atoms with Gasteiger partial charge in [-0.2, -0.15) is 0 Å². The zero-order chi connectivity index (χ0) is 48.1. The molecule has 0 aromatic carbocycles. The van der Waals surface area contributed by atoms with Gasteiger partial charge in [-0.3, -0.25) is 19.2 Å². The van der Waals surface area contributed by atoms with Crippen LogP contribution < -0.4 is 5.32 Å². The summed E-state index contributed by atoms with van der Waals surface area (Å²) in [6, 6.07) is 0. The van der Waals surface area contributed by atoms with E-state index in [0.717, 1.165) is 32.1 Å². The number of rotatable bonds is 47. The molecular weight excluding hydrogens is 841 g/mol. The fourth-order valence-corrected chi connectivity index (χ4v) is 6.40. The second-order valence-electron chi connectivity index (χ2n) is 18.1. The van der Waals surface area contributed by atoms with Crippen LogP contribution in [0.4, 0.5) is 0 Å². The maximum absolute atomic E-state index is 13.0. The molecule has 0 rings (SSSR count). The molecule has 0 radical (unpaired) electrons. The fraction of sp³-hybridized carbons (Fsp3) is 0.917. The van der Waals surface area contributed by atoms with E-state index in [1.54, 1.807) is 20.8 Å². The predicted molar refractivity (Wildman–Crippen MR) is 251 cm³/mol. The van der Waals surface area contributed by atoms with E-state index in [0.29, 0.717) is 118 Å². The quantitative estimate of drug-likeness (QED) is 0.0199. The highest BCUT2D eigenvalue weighted by molar-refractivity contribution is 5.85. The Morgan fingerprint density at radius 1 is 0.492 bits per heavy atom. The molecule has 0 bridgehead atoms. The first kappa shape index (κ1) is 62.1. The molecule has 65 heavy (non-hydrogen) atoms. The topological polar surface area (TPSA) is 212 Å². The third-order valence-electron chi connectivity index (χ3n) is 9.64. The Morgan fingerprint density at radius 3 is 1.26 bits per heavy atom. The van der Waals surface area contributed by atoms with Gasteiger partial charge in [0.2, 0.25) is 5.91 Å². The number of hydrogen-bond donors (Lipinski definition) is 1. The van der Waals surface area contributed by atoms with Crippen molar-refractivity contribution >= 4 is 23.6 Å². The minimum Gasteiger partial charge on any atom is -0.460 e. The van der Waals surface area contributed by atoms with Gasteiger partial charge in [-0.25, -0.2) is 0 Å². The normalized spacial score (nSPS) is 12.2. The van der Waals surface area contributed by atoms with Crippen molar-refractivity contribution in [1.29, 1.82) is 0 Å². The Balaban J connectivity index is 3.84. The average molecular weight is 931 g/mol. The van der Waals surface area contributed by atoms with E-state index in [1.807, 2.05) is 20.8 Å². The summed E-state index contributed by atoms with van der Waals surface area (Å²) in [7, 11) is 0. The van der Waals surface area contributed by atoms with E-state index in [4.69, 9.17) is 48.2 Å². The van der Waals surface area contributed by atoms with Crippen LogP contribution in [-0.4, -0.2) is 140 Å². The molecule has 0 unspecified atom stereocenters. The van der Waals surface area contributed by atoms with Crippen molar-refractivity contribution < 1.29 is 61.8 Å². The predicted octanol–water partition coefficient (Wildman–Crippen LogP) is 8.81. The van der Waals surface area contributed by atoms with Crippen LogP contribution in [0.5, 0.6) is 0 Å². The van der Waals surface area contributed by atoms with Gasteiger partial charge >= 0.3 is 11.9 Å². The number of unbranched alkanes of at least 4 members (excludes halogenated alkanes) is 13. The van der Waals surface area contributed by atoms with Gasteiger partial charge in [-0.05, 0) is 66.3 Å². The molecule has 0 saturated carbocycles. The van der Waals surface area contributed by atoms with E-state index in [-0.39, 0.29) is 36.9 Å². The van der Waals surface area contributed by atoms with Crippen LogP contribution in [0.25, 0.3) is 10.4 Å². The molecule has 1 amide bonds. The SMILES string of the molecule is CC(C)(C)OC(=O)CCCCCCCCCCCCCCCCC(=O)C[C@@H](CCC(=O)NCCOCCOCCOCCOCCOCCOCCOCCN=[N+]=[N-])C(=O)OC(C)(C)C. The fourth-order valence-electron chi connectivity index (χ4n) is 6.40. The Labute approximate surface area is 391 Å². The lowest BCUT2D eigenvalue weighted by Gasteiger charge is -2.23. The van der Waals surface area contributed by atoms with Crippen molar-refractivity contribution in [3.63, 3.8) is 0 Å². The van der Waals surface area contributed by atoms with Gasteiger partial charge < -0.3 is 47.9 Å². The molecule has 0 heterocycles. The Kier molecular flexibility index (Phi) is 41.7. The van der Waals surface area contributed by atoms with Crippen molar-refractivity contribution in [3.05, 3.63) is 10.4 Å². The Morgan fingerprint density at radius 2 is 0.862 bits per heavy atom. The molecule has 0 aliphatic heterocycles. The van der Waals surface area contributed by atoms with E-state index in [1.165, 1.54) is 57.8 Å². The molecule has 1 N–H and O–H groups in total. The first-order valence-corrected chi connectivity index (χ1v) is 24.5. The number of Topliss-reactive ketones (excluding diaryl/α,β-unsaturated/α-hetero) is 1. The van der Waals surface area contributed by atoms with Crippen LogP contribution in [0, 0.1) is 5.92 Å². The number of carbonyl (C=O) groups excluding carboxylic acids is 4. The summed E-state index contributed by atoms with van der Waals surface area (Å²) in [5, 5.41) is 6.20. The molecule has 17 heteroatoms. The van der Waals surface area contributed by atoms with Gasteiger partial charge in [-0.15, -0.1) is 0 Å². The minimum atomic E-state index is -0.682. The number of nitrogens with zero attached hydrogens (tertiary/aromatic N) is 3. The maximum Gasteiger partial charge on any atom is 0.309 e. The third-order valence-corrected chi connectivity index (χ3v) is 9.64. The highest BCUT2D eigenvalue weighted by atomic mass is 16.6. The third kappa shape index (κ3) is 48.9. The summed E-state index contributed by atoms with van der Waals surface area (Å²) in [4.78, 5) is 52.9. The monoisotopic (exact) mass is 931 g/mol.